The molecule has 0 heterocycles. The van der Waals surface area contributed by atoms with Crippen LogP contribution in [0.15, 0.2) is 36.4 Å². The zero-order chi connectivity index (χ0) is 26.6. The van der Waals surface area contributed by atoms with Crippen molar-refractivity contribution in [2.24, 2.45) is 0 Å². The molecule has 2 atom stereocenters. The van der Waals surface area contributed by atoms with Crippen LogP contribution in [0.3, 0.4) is 0 Å². The maximum Gasteiger partial charge on any atom is 0.258 e. The first-order valence-corrected chi connectivity index (χ1v) is 13.1. The molecule has 3 aliphatic rings. The van der Waals surface area contributed by atoms with Gasteiger partial charge in [0.25, 0.3) is 11.8 Å². The van der Waals surface area contributed by atoms with Crippen LogP contribution in [-0.4, -0.2) is 47.1 Å². The van der Waals surface area contributed by atoms with Crippen LogP contribution < -0.4 is 20.1 Å². The highest BCUT2D eigenvalue weighted by atomic mass is 35.5. The molecule has 5 rings (SSSR count). The van der Waals surface area contributed by atoms with Gasteiger partial charge in [0.05, 0.1) is 21.7 Å². The lowest BCUT2D eigenvalue weighted by atomic mass is 9.60. The summed E-state index contributed by atoms with van der Waals surface area (Å²) in [6.07, 6.45) is 1.92. The second kappa shape index (κ2) is 11.7. The lowest BCUT2D eigenvalue weighted by molar-refractivity contribution is -0.135. The predicted octanol–water partition coefficient (Wildman–Crippen LogP) is 4.30. The van der Waals surface area contributed by atoms with E-state index in [4.69, 9.17) is 37.2 Å². The third-order valence-corrected chi connectivity index (χ3v) is 7.80. The molecular weight excluding hydrogens is 552 g/mol. The number of hydrogen-bond donors (Lipinski definition) is 3. The topological polar surface area (TPSA) is 106 Å². The Balaban J connectivity index is 1.33. The van der Waals surface area contributed by atoms with Gasteiger partial charge >= 0.3 is 0 Å². The molecule has 8 nitrogen and oxygen atoms in total. The molecule has 2 bridgehead atoms. The van der Waals surface area contributed by atoms with Crippen LogP contribution in [0.2, 0.25) is 10.0 Å². The van der Waals surface area contributed by atoms with Gasteiger partial charge in [-0.1, -0.05) is 23.2 Å². The van der Waals surface area contributed by atoms with Crippen molar-refractivity contribution in [2.45, 2.75) is 49.3 Å². The number of fused-ring (bicyclic) bond motifs is 3. The number of hydrogen-bond acceptors (Lipinski definition) is 6. The first-order chi connectivity index (χ1) is 17.6. The Morgan fingerprint density at radius 1 is 0.919 bits per heavy atom. The van der Waals surface area contributed by atoms with E-state index in [1.54, 1.807) is 0 Å². The summed E-state index contributed by atoms with van der Waals surface area (Å²) < 4.78 is 43.6. The number of halogens is 4. The van der Waals surface area contributed by atoms with Gasteiger partial charge in [0.1, 0.15) is 23.1 Å². The molecule has 13 heteroatoms. The Morgan fingerprint density at radius 3 is 1.92 bits per heavy atom. The van der Waals surface area contributed by atoms with Gasteiger partial charge in [-0.3, -0.25) is 9.59 Å². The summed E-state index contributed by atoms with van der Waals surface area (Å²) in [4.78, 5) is 34.8. The zero-order valence-corrected chi connectivity index (χ0v) is 22.0. The average Bonchev–Trinajstić information content (AvgIpc) is 2.87. The summed E-state index contributed by atoms with van der Waals surface area (Å²) in [6, 6.07) is 7.80. The van der Waals surface area contributed by atoms with Crippen molar-refractivity contribution in [1.82, 2.24) is 10.6 Å². The second-order valence-corrected chi connectivity index (χ2v) is 10.4. The molecule has 3 aliphatic carbocycles. The average molecular weight is 577 g/mol. The molecule has 2 amide bonds. The van der Waals surface area contributed by atoms with Crippen LogP contribution in [0.1, 0.15) is 32.1 Å². The molecule has 3 fully saturated rings. The molecule has 0 aliphatic heterocycles. The quantitative estimate of drug-likeness (QED) is 0.364. The van der Waals surface area contributed by atoms with E-state index >= 15 is 0 Å². The molecule has 1 unspecified atom stereocenters. The molecule has 3 saturated carbocycles. The minimum absolute atomic E-state index is 0.0447. The normalized spacial score (nSPS) is 24.7. The molecule has 3 N–H and O–H groups in total. The van der Waals surface area contributed by atoms with Gasteiger partial charge in [-0.15, -0.1) is 0 Å². The van der Waals surface area contributed by atoms with E-state index in [2.05, 4.69) is 10.6 Å². The van der Waals surface area contributed by atoms with Crippen molar-refractivity contribution >= 4 is 44.1 Å². The van der Waals surface area contributed by atoms with Crippen LogP contribution >= 0.6 is 32.2 Å². The predicted molar refractivity (Wildman–Crippen MR) is 134 cm³/mol. The van der Waals surface area contributed by atoms with Crippen molar-refractivity contribution < 1.29 is 37.3 Å². The third kappa shape index (κ3) is 6.62. The third-order valence-electron chi connectivity index (χ3n) is 6.80. The highest BCUT2D eigenvalue weighted by Crippen LogP contribution is 2.49. The van der Waals surface area contributed by atoms with Crippen LogP contribution in [-0.2, 0) is 14.1 Å². The van der Waals surface area contributed by atoms with Gasteiger partial charge in [0.15, 0.2) is 22.2 Å². The van der Waals surface area contributed by atoms with Gasteiger partial charge in [0.2, 0.25) is 0 Å². The fourth-order valence-corrected chi connectivity index (χ4v) is 5.60. The standard InChI is InChI=1S/C24H25Cl2F2N2O6P/c25-16-3-1-14(9-18(16)27)34-12-21(31)29-23-5-7-24(8-6-23,20(11-23)36-37-33)30-22(32)13-35-15-2-4-17(26)19(28)10-15/h1-4,9-10,20,33,37H,5-8,11-13H2,(H,29,31)(H,30,32)/t20-,23?,24?/m0/s1. The van der Waals surface area contributed by atoms with Gasteiger partial charge in [-0.05, 0) is 56.4 Å². The number of amides is 2. The Hall–Kier alpha value is -2.23. The molecule has 37 heavy (non-hydrogen) atoms. The van der Waals surface area contributed by atoms with Crippen molar-refractivity contribution in [3.8, 4) is 11.5 Å². The second-order valence-electron chi connectivity index (χ2n) is 9.16. The fraction of sp³-hybridized carbons (Fsp3) is 0.417. The largest absolute Gasteiger partial charge is 0.484 e. The summed E-state index contributed by atoms with van der Waals surface area (Å²) >= 11 is 11.3. The van der Waals surface area contributed by atoms with E-state index in [0.29, 0.717) is 32.1 Å². The van der Waals surface area contributed by atoms with E-state index in [1.165, 1.54) is 24.3 Å². The number of rotatable bonds is 10. The number of nitrogens with one attached hydrogen (secondary N) is 2. The molecule has 0 aromatic heterocycles. The maximum absolute atomic E-state index is 13.6. The maximum atomic E-state index is 13.6. The van der Waals surface area contributed by atoms with Crippen molar-refractivity contribution in [1.29, 1.82) is 0 Å². The van der Waals surface area contributed by atoms with E-state index in [0.717, 1.165) is 12.1 Å². The lowest BCUT2D eigenvalue weighted by Crippen LogP contribution is -2.70. The monoisotopic (exact) mass is 576 g/mol. The molecular formula is C24H25Cl2F2N2O6P. The van der Waals surface area contributed by atoms with Crippen LogP contribution in [0.5, 0.6) is 11.5 Å². The zero-order valence-electron chi connectivity index (χ0n) is 19.5. The van der Waals surface area contributed by atoms with E-state index in [-0.39, 0.29) is 40.7 Å². The summed E-state index contributed by atoms with van der Waals surface area (Å²) in [5, 5.41) is 5.89. The summed E-state index contributed by atoms with van der Waals surface area (Å²) in [5.74, 6) is -1.77. The lowest BCUT2D eigenvalue weighted by Gasteiger charge is -2.57. The SMILES string of the molecule is O=C(COc1ccc(Cl)c(F)c1)NC12CCC(NC(=O)COc3ccc(Cl)c(F)c3)(CC1)[C@@H](OPO)C2. The molecule has 0 spiro atoms. The number of benzene rings is 2. The van der Waals surface area contributed by atoms with E-state index < -0.39 is 43.8 Å². The summed E-state index contributed by atoms with van der Waals surface area (Å²) in [6.45, 7) is -0.665. The van der Waals surface area contributed by atoms with Gasteiger partial charge in [-0.25, -0.2) is 8.78 Å². The fourth-order valence-electron chi connectivity index (χ4n) is 4.93. The molecule has 2 aromatic carbocycles. The van der Waals surface area contributed by atoms with Gasteiger partial charge in [-0.2, -0.15) is 0 Å². The van der Waals surface area contributed by atoms with Crippen molar-refractivity contribution in [3.05, 3.63) is 58.1 Å². The minimum Gasteiger partial charge on any atom is -0.484 e. The molecule has 0 saturated heterocycles. The van der Waals surface area contributed by atoms with Crippen molar-refractivity contribution in [2.75, 3.05) is 13.2 Å². The molecule has 200 valence electrons. The molecule has 2 aromatic rings. The van der Waals surface area contributed by atoms with Gasteiger partial charge in [0, 0.05) is 17.7 Å². The first-order valence-electron chi connectivity index (χ1n) is 11.5. The van der Waals surface area contributed by atoms with Crippen LogP contribution in [0.4, 0.5) is 8.78 Å². The van der Waals surface area contributed by atoms with E-state index in [1.807, 2.05) is 0 Å². The Labute approximate surface area is 223 Å². The highest BCUT2D eigenvalue weighted by Gasteiger charge is 2.56. The molecule has 0 radical (unpaired) electrons. The van der Waals surface area contributed by atoms with Crippen LogP contribution in [0.25, 0.3) is 0 Å². The van der Waals surface area contributed by atoms with Crippen molar-refractivity contribution in [3.63, 3.8) is 0 Å². The number of carbonyl (C=O) groups excluding carboxylic acids is 2. The first kappa shape index (κ1) is 27.8. The number of ether oxygens (including phenoxy) is 2. The van der Waals surface area contributed by atoms with E-state index in [9.17, 15) is 23.3 Å². The Morgan fingerprint density at radius 2 is 1.43 bits per heavy atom. The Kier molecular flexibility index (Phi) is 8.76. The summed E-state index contributed by atoms with van der Waals surface area (Å²) in [5.41, 5.74) is -1.34. The van der Waals surface area contributed by atoms with Gasteiger partial charge < -0.3 is 29.5 Å². The Bertz CT molecular complexity index is 1170. The smallest absolute Gasteiger partial charge is 0.258 e. The highest BCUT2D eigenvalue weighted by molar-refractivity contribution is 7.25. The summed E-state index contributed by atoms with van der Waals surface area (Å²) in [7, 11) is -0.808. The number of carbonyl (C=O) groups is 2. The minimum atomic E-state index is -0.808. The van der Waals surface area contributed by atoms with Crippen LogP contribution in [0, 0.1) is 11.6 Å².